The molecule has 5 rings (SSSR count). The molecular formula is C24H27ClN4OS. The van der Waals surface area contributed by atoms with Crippen molar-refractivity contribution in [1.82, 2.24) is 15.2 Å². The van der Waals surface area contributed by atoms with Crippen LogP contribution in [0.1, 0.15) is 34.3 Å². The van der Waals surface area contributed by atoms with Gasteiger partial charge in [-0.25, -0.2) is 4.98 Å². The monoisotopic (exact) mass is 454 g/mol. The van der Waals surface area contributed by atoms with Gasteiger partial charge < -0.3 is 10.2 Å². The summed E-state index contributed by atoms with van der Waals surface area (Å²) in [5.41, 5.74) is 4.46. The number of halogens is 1. The highest BCUT2D eigenvalue weighted by Gasteiger charge is 2.20. The van der Waals surface area contributed by atoms with Crippen molar-refractivity contribution in [2.45, 2.75) is 25.7 Å². The SMILES string of the molecule is O=C(NCCN1CCN(c2nc3c(Cl)cccc3s2)CC1)c1ccc2c(c1)CCCC2. The summed E-state index contributed by atoms with van der Waals surface area (Å²) in [5.74, 6) is 0.0402. The summed E-state index contributed by atoms with van der Waals surface area (Å²) < 4.78 is 1.13. The number of rotatable bonds is 5. The van der Waals surface area contributed by atoms with Crippen LogP contribution in [0.25, 0.3) is 10.2 Å². The number of piperazine rings is 1. The molecule has 31 heavy (non-hydrogen) atoms. The van der Waals surface area contributed by atoms with Crippen molar-refractivity contribution < 1.29 is 4.79 Å². The maximum atomic E-state index is 12.6. The molecule has 0 radical (unpaired) electrons. The van der Waals surface area contributed by atoms with E-state index in [1.807, 2.05) is 18.2 Å². The summed E-state index contributed by atoms with van der Waals surface area (Å²) in [7, 11) is 0. The number of carbonyl (C=O) groups is 1. The molecule has 0 saturated carbocycles. The first-order valence-electron chi connectivity index (χ1n) is 11.1. The Hall–Kier alpha value is -2.15. The molecule has 0 unspecified atom stereocenters. The lowest BCUT2D eigenvalue weighted by atomic mass is 9.90. The first kappa shape index (κ1) is 20.7. The lowest BCUT2D eigenvalue weighted by molar-refractivity contribution is 0.0947. The van der Waals surface area contributed by atoms with E-state index in [0.29, 0.717) is 11.6 Å². The summed E-state index contributed by atoms with van der Waals surface area (Å²) in [4.78, 5) is 22.1. The van der Waals surface area contributed by atoms with Crippen molar-refractivity contribution in [3.05, 3.63) is 58.1 Å². The zero-order chi connectivity index (χ0) is 21.2. The second-order valence-corrected chi connectivity index (χ2v) is 9.77. The van der Waals surface area contributed by atoms with Gasteiger partial charge in [0, 0.05) is 44.8 Å². The van der Waals surface area contributed by atoms with Crippen molar-refractivity contribution in [3.8, 4) is 0 Å². The summed E-state index contributed by atoms with van der Waals surface area (Å²) in [6.07, 6.45) is 4.74. The number of amides is 1. The van der Waals surface area contributed by atoms with Gasteiger partial charge in [-0.2, -0.15) is 0 Å². The van der Waals surface area contributed by atoms with Gasteiger partial charge in [-0.15, -0.1) is 0 Å². The van der Waals surface area contributed by atoms with Gasteiger partial charge >= 0.3 is 0 Å². The van der Waals surface area contributed by atoms with E-state index in [1.54, 1.807) is 11.3 Å². The molecule has 5 nitrogen and oxygen atoms in total. The number of aryl methyl sites for hydroxylation is 2. The van der Waals surface area contributed by atoms with Crippen LogP contribution in [-0.4, -0.2) is 55.1 Å². The first-order chi connectivity index (χ1) is 15.2. The molecule has 1 aliphatic heterocycles. The molecule has 0 atom stereocenters. The van der Waals surface area contributed by atoms with Crippen molar-refractivity contribution in [2.24, 2.45) is 0 Å². The van der Waals surface area contributed by atoms with E-state index in [1.165, 1.54) is 24.0 Å². The smallest absolute Gasteiger partial charge is 0.251 e. The number of benzene rings is 2. The van der Waals surface area contributed by atoms with E-state index >= 15 is 0 Å². The van der Waals surface area contributed by atoms with Crippen LogP contribution < -0.4 is 10.2 Å². The number of fused-ring (bicyclic) bond motifs is 2. The fraction of sp³-hybridized carbons (Fsp3) is 0.417. The van der Waals surface area contributed by atoms with Crippen LogP contribution in [-0.2, 0) is 12.8 Å². The first-order valence-corrected chi connectivity index (χ1v) is 12.3. The summed E-state index contributed by atoms with van der Waals surface area (Å²) >= 11 is 7.98. The molecule has 1 aromatic heterocycles. The average Bonchev–Trinajstić information content (AvgIpc) is 3.25. The Morgan fingerprint density at radius 3 is 2.68 bits per heavy atom. The Kier molecular flexibility index (Phi) is 6.12. The minimum atomic E-state index is 0.0402. The van der Waals surface area contributed by atoms with Crippen LogP contribution in [0.5, 0.6) is 0 Å². The molecule has 1 N–H and O–H groups in total. The highest BCUT2D eigenvalue weighted by Crippen LogP contribution is 2.33. The molecule has 1 saturated heterocycles. The largest absolute Gasteiger partial charge is 0.351 e. The lowest BCUT2D eigenvalue weighted by Crippen LogP contribution is -2.48. The summed E-state index contributed by atoms with van der Waals surface area (Å²) in [6.45, 7) is 5.37. The molecule has 2 aliphatic rings. The van der Waals surface area contributed by atoms with Gasteiger partial charge in [0.1, 0.15) is 5.52 Å². The average molecular weight is 455 g/mol. The molecule has 162 valence electrons. The van der Waals surface area contributed by atoms with E-state index in [4.69, 9.17) is 16.6 Å². The third kappa shape index (κ3) is 4.56. The fourth-order valence-electron chi connectivity index (χ4n) is 4.51. The van der Waals surface area contributed by atoms with Crippen LogP contribution in [0, 0.1) is 0 Å². The Morgan fingerprint density at radius 1 is 1.06 bits per heavy atom. The Balaban J connectivity index is 1.10. The topological polar surface area (TPSA) is 48.5 Å². The molecule has 1 aliphatic carbocycles. The number of nitrogens with one attached hydrogen (secondary N) is 1. The van der Waals surface area contributed by atoms with E-state index in [2.05, 4.69) is 33.3 Å². The Bertz CT molecular complexity index is 1090. The fourth-order valence-corrected chi connectivity index (χ4v) is 5.82. The van der Waals surface area contributed by atoms with Crippen molar-refractivity contribution in [1.29, 1.82) is 0 Å². The predicted octanol–water partition coefficient (Wildman–Crippen LogP) is 4.38. The van der Waals surface area contributed by atoms with Gasteiger partial charge in [0.15, 0.2) is 5.13 Å². The number of hydrogen-bond donors (Lipinski definition) is 1. The van der Waals surface area contributed by atoms with E-state index in [0.717, 1.165) is 66.5 Å². The minimum Gasteiger partial charge on any atom is -0.351 e. The van der Waals surface area contributed by atoms with Crippen LogP contribution >= 0.6 is 22.9 Å². The van der Waals surface area contributed by atoms with Gasteiger partial charge in [-0.3, -0.25) is 9.69 Å². The Labute approximate surface area is 192 Å². The standard InChI is InChI=1S/C24H27ClN4OS/c25-20-6-3-7-21-22(20)27-24(31-21)29-14-12-28(13-15-29)11-10-26-23(30)19-9-8-17-4-1-2-5-18(17)16-19/h3,6-9,16H,1-2,4-5,10-15H2,(H,26,30). The molecule has 1 amide bonds. The molecule has 0 bridgehead atoms. The summed E-state index contributed by atoms with van der Waals surface area (Å²) in [5, 5.41) is 4.86. The normalized spacial score (nSPS) is 17.0. The number of nitrogens with zero attached hydrogens (tertiary/aromatic N) is 3. The number of anilines is 1. The lowest BCUT2D eigenvalue weighted by Gasteiger charge is -2.34. The molecule has 2 heterocycles. The Morgan fingerprint density at radius 2 is 1.87 bits per heavy atom. The number of carbonyl (C=O) groups excluding carboxylic acids is 1. The van der Waals surface area contributed by atoms with Gasteiger partial charge in [-0.05, 0) is 61.1 Å². The van der Waals surface area contributed by atoms with Gasteiger partial charge in [0.25, 0.3) is 5.91 Å². The number of thiazole rings is 1. The quantitative estimate of drug-likeness (QED) is 0.621. The van der Waals surface area contributed by atoms with Crippen LogP contribution in [0.3, 0.4) is 0 Å². The van der Waals surface area contributed by atoms with E-state index in [-0.39, 0.29) is 5.91 Å². The summed E-state index contributed by atoms with van der Waals surface area (Å²) in [6, 6.07) is 12.1. The van der Waals surface area contributed by atoms with Crippen LogP contribution in [0.2, 0.25) is 5.02 Å². The van der Waals surface area contributed by atoms with Gasteiger partial charge in [-0.1, -0.05) is 35.1 Å². The zero-order valence-electron chi connectivity index (χ0n) is 17.6. The van der Waals surface area contributed by atoms with Crippen molar-refractivity contribution in [3.63, 3.8) is 0 Å². The van der Waals surface area contributed by atoms with Gasteiger partial charge in [0.2, 0.25) is 0 Å². The maximum absolute atomic E-state index is 12.6. The number of hydrogen-bond acceptors (Lipinski definition) is 5. The third-order valence-corrected chi connectivity index (χ3v) is 7.71. The molecule has 3 aromatic rings. The predicted molar refractivity (Wildman–Crippen MR) is 129 cm³/mol. The van der Waals surface area contributed by atoms with Crippen LogP contribution in [0.15, 0.2) is 36.4 Å². The van der Waals surface area contributed by atoms with Crippen molar-refractivity contribution >= 4 is 44.2 Å². The molecule has 1 fully saturated rings. The highest BCUT2D eigenvalue weighted by molar-refractivity contribution is 7.22. The molecule has 7 heteroatoms. The maximum Gasteiger partial charge on any atom is 0.251 e. The molecular weight excluding hydrogens is 428 g/mol. The second kappa shape index (κ2) is 9.15. The second-order valence-electron chi connectivity index (χ2n) is 8.36. The zero-order valence-corrected chi connectivity index (χ0v) is 19.1. The number of aromatic nitrogens is 1. The molecule has 2 aromatic carbocycles. The van der Waals surface area contributed by atoms with Crippen LogP contribution in [0.4, 0.5) is 5.13 Å². The van der Waals surface area contributed by atoms with Gasteiger partial charge in [0.05, 0.1) is 9.72 Å². The van der Waals surface area contributed by atoms with Crippen molar-refractivity contribution in [2.75, 3.05) is 44.2 Å². The highest BCUT2D eigenvalue weighted by atomic mass is 35.5. The molecule has 0 spiro atoms. The number of para-hydroxylation sites is 1. The third-order valence-electron chi connectivity index (χ3n) is 6.33. The van der Waals surface area contributed by atoms with E-state index in [9.17, 15) is 4.79 Å². The van der Waals surface area contributed by atoms with E-state index < -0.39 is 0 Å². The minimum absolute atomic E-state index is 0.0402.